The van der Waals surface area contributed by atoms with Gasteiger partial charge in [-0.2, -0.15) is 5.10 Å². The molecule has 12 heteroatoms. The Morgan fingerprint density at radius 3 is 2.33 bits per heavy atom. The smallest absolute Gasteiger partial charge is 0.409 e. The van der Waals surface area contributed by atoms with Crippen LogP contribution in [0.15, 0.2) is 60.9 Å². The van der Waals surface area contributed by atoms with Crippen molar-refractivity contribution in [1.82, 2.24) is 24.2 Å². The molecule has 5 rings (SSSR count). The third kappa shape index (κ3) is 4.67. The zero-order valence-electron chi connectivity index (χ0n) is 21.7. The van der Waals surface area contributed by atoms with Crippen LogP contribution in [0, 0.1) is 0 Å². The molecule has 2 aromatic carbocycles. The fourth-order valence-corrected chi connectivity index (χ4v) is 4.63. The maximum Gasteiger partial charge on any atom is 0.409 e. The van der Waals surface area contributed by atoms with E-state index < -0.39 is 12.0 Å². The number of rotatable bonds is 7. The summed E-state index contributed by atoms with van der Waals surface area (Å²) in [6.45, 7) is 0.617. The van der Waals surface area contributed by atoms with E-state index in [1.54, 1.807) is 55.7 Å². The number of nitrogens with zero attached hydrogens (tertiary/aromatic N) is 6. The number of methoxy groups -OCH3 is 2. The number of hydrogen-bond acceptors (Lipinski definition) is 7. The minimum absolute atomic E-state index is 0.0914. The first-order valence-corrected chi connectivity index (χ1v) is 12.1. The van der Waals surface area contributed by atoms with Crippen molar-refractivity contribution < 1.29 is 23.9 Å². The standard InChI is InChI=1S/C27H27N7O5/c1-31(27(37)39-3)16-22-29-13-15-32(22)17-4-6-18(7-5-17)33-14-12-21-23(25(28)35)30-34(24(21)26(33)36)19-8-10-20(38-2)11-9-19/h4-11,13,15H,12,14,16H2,1-3H3,(H2,28,35). The minimum Gasteiger partial charge on any atom is -0.497 e. The second-order valence-corrected chi connectivity index (χ2v) is 8.91. The molecular weight excluding hydrogens is 502 g/mol. The molecule has 0 saturated carbocycles. The molecule has 2 N–H and O–H groups in total. The average Bonchev–Trinajstić information content (AvgIpc) is 3.58. The second-order valence-electron chi connectivity index (χ2n) is 8.91. The van der Waals surface area contributed by atoms with Gasteiger partial charge in [0.2, 0.25) is 0 Å². The van der Waals surface area contributed by atoms with Gasteiger partial charge in [-0.15, -0.1) is 0 Å². The number of nitrogens with two attached hydrogens (primary N) is 1. The predicted molar refractivity (Wildman–Crippen MR) is 141 cm³/mol. The molecule has 0 bridgehead atoms. The van der Waals surface area contributed by atoms with Crippen LogP contribution in [0.5, 0.6) is 5.75 Å². The van der Waals surface area contributed by atoms with Gasteiger partial charge in [-0.3, -0.25) is 9.59 Å². The van der Waals surface area contributed by atoms with Gasteiger partial charge in [0.25, 0.3) is 11.8 Å². The first-order valence-electron chi connectivity index (χ1n) is 12.1. The van der Waals surface area contributed by atoms with Crippen LogP contribution in [0.4, 0.5) is 10.5 Å². The zero-order valence-corrected chi connectivity index (χ0v) is 21.7. The van der Waals surface area contributed by atoms with Crippen molar-refractivity contribution in [1.29, 1.82) is 0 Å². The number of carbonyl (C=O) groups is 3. The van der Waals surface area contributed by atoms with Gasteiger partial charge in [0.05, 0.1) is 26.5 Å². The summed E-state index contributed by atoms with van der Waals surface area (Å²) in [7, 11) is 4.52. The average molecular weight is 530 g/mol. The van der Waals surface area contributed by atoms with Crippen molar-refractivity contribution in [3.63, 3.8) is 0 Å². The highest BCUT2D eigenvalue weighted by atomic mass is 16.5. The van der Waals surface area contributed by atoms with Crippen LogP contribution < -0.4 is 15.4 Å². The van der Waals surface area contributed by atoms with Crippen molar-refractivity contribution in [3.05, 3.63) is 83.7 Å². The molecule has 0 unspecified atom stereocenters. The third-order valence-electron chi connectivity index (χ3n) is 6.59. The molecule has 0 saturated heterocycles. The first-order chi connectivity index (χ1) is 18.8. The molecule has 0 spiro atoms. The number of anilines is 1. The Kier molecular flexibility index (Phi) is 6.75. The summed E-state index contributed by atoms with van der Waals surface area (Å²) in [5.74, 6) is 0.332. The quantitative estimate of drug-likeness (QED) is 0.388. The van der Waals surface area contributed by atoms with E-state index >= 15 is 0 Å². The van der Waals surface area contributed by atoms with E-state index in [9.17, 15) is 14.4 Å². The lowest BCUT2D eigenvalue weighted by molar-refractivity contribution is 0.0972. The van der Waals surface area contributed by atoms with Gasteiger partial charge in [-0.25, -0.2) is 14.5 Å². The van der Waals surface area contributed by atoms with E-state index in [0.717, 1.165) is 5.69 Å². The lowest BCUT2D eigenvalue weighted by Crippen LogP contribution is -2.39. The molecule has 200 valence electrons. The molecule has 2 aromatic heterocycles. The van der Waals surface area contributed by atoms with E-state index in [4.69, 9.17) is 15.2 Å². The van der Waals surface area contributed by atoms with E-state index in [1.807, 2.05) is 28.8 Å². The van der Waals surface area contributed by atoms with Gasteiger partial charge in [0, 0.05) is 42.9 Å². The fourth-order valence-electron chi connectivity index (χ4n) is 4.63. The number of amides is 3. The summed E-state index contributed by atoms with van der Waals surface area (Å²) in [5.41, 5.74) is 8.63. The van der Waals surface area contributed by atoms with Crippen LogP contribution in [0.25, 0.3) is 11.4 Å². The van der Waals surface area contributed by atoms with Gasteiger partial charge >= 0.3 is 6.09 Å². The van der Waals surface area contributed by atoms with Crippen molar-refractivity contribution in [2.75, 3.05) is 32.7 Å². The van der Waals surface area contributed by atoms with Gasteiger partial charge in [0.1, 0.15) is 17.3 Å². The topological polar surface area (TPSA) is 138 Å². The highest BCUT2D eigenvalue weighted by molar-refractivity contribution is 6.09. The predicted octanol–water partition coefficient (Wildman–Crippen LogP) is 2.57. The van der Waals surface area contributed by atoms with Crippen LogP contribution in [0.3, 0.4) is 0 Å². The summed E-state index contributed by atoms with van der Waals surface area (Å²) in [6.07, 6.45) is 3.41. The molecule has 39 heavy (non-hydrogen) atoms. The Labute approximate surface area is 224 Å². The van der Waals surface area contributed by atoms with E-state index in [2.05, 4.69) is 10.1 Å². The normalized spacial score (nSPS) is 12.7. The summed E-state index contributed by atoms with van der Waals surface area (Å²) in [6, 6.07) is 14.5. The fraction of sp³-hybridized carbons (Fsp3) is 0.222. The Morgan fingerprint density at radius 1 is 1.03 bits per heavy atom. The maximum absolute atomic E-state index is 13.8. The molecule has 12 nitrogen and oxygen atoms in total. The van der Waals surface area contributed by atoms with Crippen molar-refractivity contribution in [2.45, 2.75) is 13.0 Å². The summed E-state index contributed by atoms with van der Waals surface area (Å²) in [4.78, 5) is 45.1. The van der Waals surface area contributed by atoms with E-state index in [1.165, 1.54) is 16.7 Å². The second kappa shape index (κ2) is 10.3. The van der Waals surface area contributed by atoms with Crippen molar-refractivity contribution >= 4 is 23.6 Å². The number of primary amides is 1. The molecule has 0 atom stereocenters. The maximum atomic E-state index is 13.8. The molecule has 4 aromatic rings. The van der Waals surface area contributed by atoms with Gasteiger partial charge < -0.3 is 29.6 Å². The highest BCUT2D eigenvalue weighted by Crippen LogP contribution is 2.30. The van der Waals surface area contributed by atoms with E-state index in [0.29, 0.717) is 47.2 Å². The summed E-state index contributed by atoms with van der Waals surface area (Å²) < 4.78 is 13.3. The van der Waals surface area contributed by atoms with Crippen molar-refractivity contribution in [2.24, 2.45) is 5.73 Å². The summed E-state index contributed by atoms with van der Waals surface area (Å²) in [5, 5.41) is 4.40. The van der Waals surface area contributed by atoms with E-state index in [-0.39, 0.29) is 18.1 Å². The molecule has 0 radical (unpaired) electrons. The van der Waals surface area contributed by atoms with Crippen LogP contribution >= 0.6 is 0 Å². The lowest BCUT2D eigenvalue weighted by atomic mass is 10.0. The number of carbonyl (C=O) groups excluding carboxylic acids is 3. The SMILES string of the molecule is COC(=O)N(C)Cc1nccn1-c1ccc(N2CCc3c(C(N)=O)nn(-c4ccc(OC)cc4)c3C2=O)cc1. The third-order valence-corrected chi connectivity index (χ3v) is 6.59. The molecule has 3 amide bonds. The Bertz CT molecular complexity index is 1540. The molecule has 1 aliphatic heterocycles. The Morgan fingerprint density at radius 2 is 1.69 bits per heavy atom. The molecule has 3 heterocycles. The molecule has 1 aliphatic rings. The van der Waals surface area contributed by atoms with Gasteiger partial charge in [-0.1, -0.05) is 0 Å². The molecular formula is C27H27N7O5. The van der Waals surface area contributed by atoms with Crippen LogP contribution in [0.2, 0.25) is 0 Å². The minimum atomic E-state index is -0.682. The van der Waals surface area contributed by atoms with Crippen LogP contribution in [-0.4, -0.2) is 70.0 Å². The highest BCUT2D eigenvalue weighted by Gasteiger charge is 2.34. The first kappa shape index (κ1) is 25.5. The monoisotopic (exact) mass is 529 g/mol. The Balaban J connectivity index is 1.44. The van der Waals surface area contributed by atoms with Crippen LogP contribution in [-0.2, 0) is 17.7 Å². The lowest BCUT2D eigenvalue weighted by Gasteiger charge is -2.28. The van der Waals surface area contributed by atoms with Gasteiger partial charge in [-0.05, 0) is 55.0 Å². The van der Waals surface area contributed by atoms with Crippen LogP contribution in [0.1, 0.15) is 32.4 Å². The zero-order chi connectivity index (χ0) is 27.7. The summed E-state index contributed by atoms with van der Waals surface area (Å²) >= 11 is 0. The molecule has 0 fully saturated rings. The number of hydrogen-bond donors (Lipinski definition) is 1. The number of fused-ring (bicyclic) bond motifs is 1. The number of ether oxygens (including phenoxy) is 2. The number of aromatic nitrogens is 4. The largest absolute Gasteiger partial charge is 0.497 e. The molecule has 0 aliphatic carbocycles. The van der Waals surface area contributed by atoms with Crippen molar-refractivity contribution in [3.8, 4) is 17.1 Å². The van der Waals surface area contributed by atoms with Gasteiger partial charge in [0.15, 0.2) is 5.69 Å². The Hall–Kier alpha value is -5.13. The number of imidazole rings is 1. The number of benzene rings is 2.